The standard InChI is InChI=1S/C9H11BrFN3/c1-13-5-14-9(12)6-2-3-8(11)7(10)4-6/h2-4,13H,5H2,1H3,(H2,12,14). The first-order valence-electron chi connectivity index (χ1n) is 4.05. The quantitative estimate of drug-likeness (QED) is 0.638. The fraction of sp³-hybridized carbons (Fsp3) is 0.222. The van der Waals surface area contributed by atoms with E-state index in [1.807, 2.05) is 0 Å². The Morgan fingerprint density at radius 3 is 2.93 bits per heavy atom. The molecule has 5 heteroatoms. The van der Waals surface area contributed by atoms with Crippen molar-refractivity contribution in [1.82, 2.24) is 5.32 Å². The molecule has 0 saturated heterocycles. The van der Waals surface area contributed by atoms with Crippen LogP contribution < -0.4 is 11.1 Å². The molecule has 0 fully saturated rings. The van der Waals surface area contributed by atoms with E-state index >= 15 is 0 Å². The number of hydrogen-bond donors (Lipinski definition) is 2. The van der Waals surface area contributed by atoms with Crippen LogP contribution in [0.2, 0.25) is 0 Å². The molecule has 3 nitrogen and oxygen atoms in total. The molecule has 14 heavy (non-hydrogen) atoms. The van der Waals surface area contributed by atoms with Crippen LogP contribution in [0.1, 0.15) is 5.56 Å². The topological polar surface area (TPSA) is 50.4 Å². The van der Waals surface area contributed by atoms with Crippen molar-refractivity contribution in [3.8, 4) is 0 Å². The predicted octanol–water partition coefficient (Wildman–Crippen LogP) is 1.47. The van der Waals surface area contributed by atoms with E-state index in [0.29, 0.717) is 22.5 Å². The largest absolute Gasteiger partial charge is 0.383 e. The van der Waals surface area contributed by atoms with Crippen LogP contribution in [0.3, 0.4) is 0 Å². The zero-order valence-electron chi connectivity index (χ0n) is 7.72. The van der Waals surface area contributed by atoms with Crippen LogP contribution in [0.25, 0.3) is 0 Å². The third-order valence-corrected chi connectivity index (χ3v) is 2.23. The molecule has 1 aromatic rings. The van der Waals surface area contributed by atoms with Gasteiger partial charge in [0.1, 0.15) is 11.7 Å². The first-order valence-corrected chi connectivity index (χ1v) is 4.84. The fourth-order valence-corrected chi connectivity index (χ4v) is 1.29. The van der Waals surface area contributed by atoms with E-state index in [4.69, 9.17) is 5.73 Å². The summed E-state index contributed by atoms with van der Waals surface area (Å²) in [5, 5.41) is 2.84. The van der Waals surface area contributed by atoms with E-state index < -0.39 is 0 Å². The lowest BCUT2D eigenvalue weighted by Crippen LogP contribution is -2.17. The Morgan fingerprint density at radius 1 is 1.64 bits per heavy atom. The Balaban J connectivity index is 2.91. The molecule has 0 aliphatic carbocycles. The van der Waals surface area contributed by atoms with Crippen molar-refractivity contribution < 1.29 is 4.39 Å². The van der Waals surface area contributed by atoms with Gasteiger partial charge >= 0.3 is 0 Å². The Morgan fingerprint density at radius 2 is 2.36 bits per heavy atom. The molecule has 0 aliphatic heterocycles. The molecule has 0 aliphatic rings. The molecule has 0 bridgehead atoms. The summed E-state index contributed by atoms with van der Waals surface area (Å²) in [6, 6.07) is 4.54. The van der Waals surface area contributed by atoms with Crippen molar-refractivity contribution in [2.24, 2.45) is 10.7 Å². The Labute approximate surface area is 90.3 Å². The second-order valence-corrected chi connectivity index (χ2v) is 3.54. The SMILES string of the molecule is CNCN=C(N)c1ccc(F)c(Br)c1. The van der Waals surface area contributed by atoms with Crippen molar-refractivity contribution >= 4 is 21.8 Å². The molecule has 0 unspecified atom stereocenters. The average molecular weight is 260 g/mol. The molecule has 0 atom stereocenters. The van der Waals surface area contributed by atoms with E-state index in [1.165, 1.54) is 6.07 Å². The molecule has 76 valence electrons. The van der Waals surface area contributed by atoms with Gasteiger partial charge in [0.2, 0.25) is 0 Å². The third kappa shape index (κ3) is 2.78. The van der Waals surface area contributed by atoms with E-state index in [9.17, 15) is 4.39 Å². The maximum atomic E-state index is 12.9. The van der Waals surface area contributed by atoms with Gasteiger partial charge in [0, 0.05) is 5.56 Å². The maximum Gasteiger partial charge on any atom is 0.137 e. The smallest absolute Gasteiger partial charge is 0.137 e. The minimum absolute atomic E-state index is 0.310. The van der Waals surface area contributed by atoms with Crippen LogP contribution in [0.15, 0.2) is 27.7 Å². The molecular weight excluding hydrogens is 249 g/mol. The Bertz CT molecular complexity index is 352. The summed E-state index contributed by atoms with van der Waals surface area (Å²) in [5.74, 6) is 0.0789. The summed E-state index contributed by atoms with van der Waals surface area (Å²) >= 11 is 3.08. The molecule has 0 aromatic heterocycles. The van der Waals surface area contributed by atoms with Crippen molar-refractivity contribution in [2.75, 3.05) is 13.7 Å². The number of aliphatic imine (C=N–C) groups is 1. The van der Waals surface area contributed by atoms with Gasteiger partial charge in [-0.2, -0.15) is 0 Å². The van der Waals surface area contributed by atoms with E-state index in [0.717, 1.165) is 0 Å². The Kier molecular flexibility index (Phi) is 4.03. The molecular formula is C9H11BrFN3. The molecule has 0 heterocycles. The van der Waals surface area contributed by atoms with Crippen molar-refractivity contribution in [1.29, 1.82) is 0 Å². The van der Waals surface area contributed by atoms with Gasteiger partial charge in [0.05, 0.1) is 11.1 Å². The molecule has 1 rings (SSSR count). The number of rotatable bonds is 3. The number of nitrogens with one attached hydrogen (secondary N) is 1. The first kappa shape index (κ1) is 11.1. The molecule has 1 aromatic carbocycles. The lowest BCUT2D eigenvalue weighted by molar-refractivity contribution is 0.621. The maximum absolute atomic E-state index is 12.9. The third-order valence-electron chi connectivity index (χ3n) is 1.62. The van der Waals surface area contributed by atoms with E-state index in [2.05, 4.69) is 26.2 Å². The molecule has 3 N–H and O–H groups in total. The number of halogens is 2. The fourth-order valence-electron chi connectivity index (χ4n) is 0.911. The van der Waals surface area contributed by atoms with Gasteiger partial charge in [-0.1, -0.05) is 0 Å². The molecule has 0 amide bonds. The highest BCUT2D eigenvalue weighted by molar-refractivity contribution is 9.10. The second kappa shape index (κ2) is 5.07. The lowest BCUT2D eigenvalue weighted by atomic mass is 10.2. The zero-order valence-corrected chi connectivity index (χ0v) is 9.31. The molecule has 0 spiro atoms. The number of benzene rings is 1. The van der Waals surface area contributed by atoms with Gasteiger partial charge in [0.25, 0.3) is 0 Å². The van der Waals surface area contributed by atoms with Gasteiger partial charge in [-0.15, -0.1) is 0 Å². The highest BCUT2D eigenvalue weighted by atomic mass is 79.9. The summed E-state index contributed by atoms with van der Waals surface area (Å²) in [4.78, 5) is 4.02. The average Bonchev–Trinajstić information content (AvgIpc) is 2.18. The first-order chi connectivity index (χ1) is 6.65. The molecule has 0 radical (unpaired) electrons. The highest BCUT2D eigenvalue weighted by Gasteiger charge is 2.02. The van der Waals surface area contributed by atoms with Gasteiger partial charge in [-0.25, -0.2) is 4.39 Å². The zero-order chi connectivity index (χ0) is 10.6. The van der Waals surface area contributed by atoms with Crippen molar-refractivity contribution in [2.45, 2.75) is 0 Å². The molecule has 0 saturated carbocycles. The van der Waals surface area contributed by atoms with Gasteiger partial charge in [-0.3, -0.25) is 4.99 Å². The predicted molar refractivity (Wildman–Crippen MR) is 58.8 cm³/mol. The second-order valence-electron chi connectivity index (χ2n) is 2.68. The van der Waals surface area contributed by atoms with Crippen molar-refractivity contribution in [3.05, 3.63) is 34.1 Å². The minimum Gasteiger partial charge on any atom is -0.383 e. The number of nitrogens with zero attached hydrogens (tertiary/aromatic N) is 1. The van der Waals surface area contributed by atoms with Crippen LogP contribution in [0, 0.1) is 5.82 Å². The van der Waals surface area contributed by atoms with Gasteiger partial charge in [0.15, 0.2) is 0 Å². The van der Waals surface area contributed by atoms with Crippen LogP contribution in [-0.2, 0) is 0 Å². The van der Waals surface area contributed by atoms with Gasteiger partial charge in [-0.05, 0) is 41.2 Å². The van der Waals surface area contributed by atoms with Crippen LogP contribution in [0.5, 0.6) is 0 Å². The number of hydrogen-bond acceptors (Lipinski definition) is 2. The van der Waals surface area contributed by atoms with Crippen molar-refractivity contribution in [3.63, 3.8) is 0 Å². The van der Waals surface area contributed by atoms with E-state index in [1.54, 1.807) is 19.2 Å². The Hall–Kier alpha value is -0.940. The lowest BCUT2D eigenvalue weighted by Gasteiger charge is -2.02. The van der Waals surface area contributed by atoms with Crippen LogP contribution in [-0.4, -0.2) is 19.6 Å². The minimum atomic E-state index is -0.310. The van der Waals surface area contributed by atoms with Crippen LogP contribution in [0.4, 0.5) is 4.39 Å². The number of nitrogens with two attached hydrogens (primary N) is 1. The monoisotopic (exact) mass is 259 g/mol. The highest BCUT2D eigenvalue weighted by Crippen LogP contribution is 2.16. The number of amidine groups is 1. The summed E-state index contributed by atoms with van der Waals surface area (Å²) in [7, 11) is 1.78. The normalized spacial score (nSPS) is 11.8. The summed E-state index contributed by atoms with van der Waals surface area (Å²) in [5.41, 5.74) is 6.37. The summed E-state index contributed by atoms with van der Waals surface area (Å²) in [6.45, 7) is 0.445. The van der Waals surface area contributed by atoms with Crippen LogP contribution >= 0.6 is 15.9 Å². The summed E-state index contributed by atoms with van der Waals surface area (Å²) < 4.78 is 13.3. The van der Waals surface area contributed by atoms with Gasteiger partial charge < -0.3 is 11.1 Å². The summed E-state index contributed by atoms with van der Waals surface area (Å²) in [6.07, 6.45) is 0. The van der Waals surface area contributed by atoms with E-state index in [-0.39, 0.29) is 5.82 Å².